The number of aldehydes is 1. The smallest absolute Gasteiger partial charge is 0.151 e. The first-order chi connectivity index (χ1) is 10.7. The van der Waals surface area contributed by atoms with Crippen LogP contribution in [-0.2, 0) is 6.42 Å². The zero-order chi connectivity index (χ0) is 15.5. The predicted octanol–water partition coefficient (Wildman–Crippen LogP) is 3.77. The van der Waals surface area contributed by atoms with Crippen LogP contribution in [0.1, 0.15) is 29.8 Å². The number of pyridine rings is 2. The van der Waals surface area contributed by atoms with Crippen molar-refractivity contribution in [2.45, 2.75) is 20.3 Å². The highest BCUT2D eigenvalue weighted by molar-refractivity contribution is 5.78. The van der Waals surface area contributed by atoms with Gasteiger partial charge in [0.1, 0.15) is 5.82 Å². The second kappa shape index (κ2) is 5.93. The molecule has 3 rings (SSSR count). The van der Waals surface area contributed by atoms with Crippen LogP contribution in [0.25, 0.3) is 11.1 Å². The van der Waals surface area contributed by atoms with Gasteiger partial charge < -0.3 is 5.32 Å². The Labute approximate surface area is 129 Å². The van der Waals surface area contributed by atoms with E-state index in [9.17, 15) is 4.79 Å². The Morgan fingerprint density at radius 1 is 1.23 bits per heavy atom. The van der Waals surface area contributed by atoms with E-state index in [1.165, 1.54) is 11.1 Å². The fourth-order valence-corrected chi connectivity index (χ4v) is 2.46. The van der Waals surface area contributed by atoms with Gasteiger partial charge in [-0.05, 0) is 37.1 Å². The Bertz CT molecular complexity index is 791. The number of nitrogens with zero attached hydrogens (tertiary/aromatic N) is 2. The minimum Gasteiger partial charge on any atom is -0.346 e. The van der Waals surface area contributed by atoms with Gasteiger partial charge >= 0.3 is 0 Å². The first-order valence-corrected chi connectivity index (χ1v) is 7.19. The number of fused-ring (bicyclic) bond motifs is 1. The van der Waals surface area contributed by atoms with Crippen LogP contribution in [0.2, 0.25) is 0 Å². The van der Waals surface area contributed by atoms with Gasteiger partial charge in [0.25, 0.3) is 0 Å². The summed E-state index contributed by atoms with van der Waals surface area (Å²) in [4.78, 5) is 19.5. The maximum Gasteiger partial charge on any atom is 0.151 e. The van der Waals surface area contributed by atoms with Crippen LogP contribution >= 0.6 is 0 Å². The molecule has 0 amide bonds. The Kier molecular flexibility index (Phi) is 3.83. The van der Waals surface area contributed by atoms with Gasteiger partial charge in [-0.15, -0.1) is 0 Å². The summed E-state index contributed by atoms with van der Waals surface area (Å²) in [5, 5.41) is 3.24. The molecule has 0 fully saturated rings. The molecule has 0 atom stereocenters. The first-order valence-electron chi connectivity index (χ1n) is 7.19. The van der Waals surface area contributed by atoms with Crippen molar-refractivity contribution >= 4 is 12.1 Å². The van der Waals surface area contributed by atoms with Crippen molar-refractivity contribution in [1.82, 2.24) is 9.97 Å². The van der Waals surface area contributed by atoms with E-state index in [0.29, 0.717) is 5.56 Å². The number of carbonyl (C=O) groups is 1. The lowest BCUT2D eigenvalue weighted by molar-refractivity contribution is 0.112. The summed E-state index contributed by atoms with van der Waals surface area (Å²) in [6, 6.07) is 3.93. The van der Waals surface area contributed by atoms with Gasteiger partial charge in [-0.3, -0.25) is 9.78 Å². The first kappa shape index (κ1) is 14.2. The van der Waals surface area contributed by atoms with E-state index in [1.54, 1.807) is 18.6 Å². The standard InChI is InChI=1S/C18H17N3O/c1-3-12(2)15-5-14-6-17(10-21-18(14)20-9-15)16-4-13(11-22)7-19-8-16/h3-4,6-11H,5H2,1-2H3,(H,20,21)/b12-3+. The number of hydrogen-bond acceptors (Lipinski definition) is 4. The SMILES string of the molecule is C/C=C(\C)C1=CNc2ncc(-c3cncc(C=O)c3)cc2C1. The second-order valence-corrected chi connectivity index (χ2v) is 5.32. The van der Waals surface area contributed by atoms with Crippen LogP contribution in [-0.4, -0.2) is 16.3 Å². The Morgan fingerprint density at radius 2 is 2.05 bits per heavy atom. The fraction of sp³-hybridized carbons (Fsp3) is 0.167. The number of allylic oxidation sites excluding steroid dienone is 3. The van der Waals surface area contributed by atoms with Crippen molar-refractivity contribution in [3.8, 4) is 11.1 Å². The summed E-state index contributed by atoms with van der Waals surface area (Å²) >= 11 is 0. The van der Waals surface area contributed by atoms with Gasteiger partial charge in [-0.2, -0.15) is 0 Å². The molecule has 0 aromatic carbocycles. The zero-order valence-electron chi connectivity index (χ0n) is 12.6. The molecule has 2 aromatic heterocycles. The fourth-order valence-electron chi connectivity index (χ4n) is 2.46. The average Bonchev–Trinajstić information content (AvgIpc) is 2.60. The molecule has 1 N–H and O–H groups in total. The van der Waals surface area contributed by atoms with Crippen molar-refractivity contribution in [3.63, 3.8) is 0 Å². The van der Waals surface area contributed by atoms with Gasteiger partial charge in [0.05, 0.1) is 0 Å². The highest BCUT2D eigenvalue weighted by Crippen LogP contribution is 2.29. The third kappa shape index (κ3) is 2.68. The van der Waals surface area contributed by atoms with Gasteiger partial charge in [0, 0.05) is 47.9 Å². The van der Waals surface area contributed by atoms with Crippen molar-refractivity contribution in [2.24, 2.45) is 0 Å². The van der Waals surface area contributed by atoms with E-state index in [-0.39, 0.29) is 0 Å². The van der Waals surface area contributed by atoms with Gasteiger partial charge in [0.15, 0.2) is 6.29 Å². The average molecular weight is 291 g/mol. The van der Waals surface area contributed by atoms with Gasteiger partial charge in [-0.25, -0.2) is 4.98 Å². The maximum absolute atomic E-state index is 10.9. The number of rotatable bonds is 3. The van der Waals surface area contributed by atoms with E-state index in [1.807, 2.05) is 19.2 Å². The quantitative estimate of drug-likeness (QED) is 0.874. The highest BCUT2D eigenvalue weighted by atomic mass is 16.1. The van der Waals surface area contributed by atoms with Crippen molar-refractivity contribution in [2.75, 3.05) is 5.32 Å². The van der Waals surface area contributed by atoms with Crippen LogP contribution in [0.4, 0.5) is 5.82 Å². The van der Waals surface area contributed by atoms with Crippen LogP contribution in [0.3, 0.4) is 0 Å². The van der Waals surface area contributed by atoms with E-state index in [2.05, 4.69) is 34.4 Å². The number of hydrogen-bond donors (Lipinski definition) is 1. The van der Waals surface area contributed by atoms with E-state index in [0.717, 1.165) is 35.2 Å². The molecule has 1 aliphatic heterocycles. The summed E-state index contributed by atoms with van der Waals surface area (Å²) in [5.74, 6) is 0.885. The molecule has 2 aromatic rings. The minimum absolute atomic E-state index is 0.568. The topological polar surface area (TPSA) is 54.9 Å². The van der Waals surface area contributed by atoms with Crippen molar-refractivity contribution in [1.29, 1.82) is 0 Å². The third-order valence-electron chi connectivity index (χ3n) is 3.90. The van der Waals surface area contributed by atoms with Crippen LogP contribution in [0, 0.1) is 0 Å². The molecule has 0 unspecified atom stereocenters. The van der Waals surface area contributed by atoms with Crippen LogP contribution < -0.4 is 5.32 Å². The lowest BCUT2D eigenvalue weighted by atomic mass is 9.96. The number of nitrogens with one attached hydrogen (secondary N) is 1. The predicted molar refractivity (Wildman–Crippen MR) is 87.7 cm³/mol. The Balaban J connectivity index is 1.97. The summed E-state index contributed by atoms with van der Waals surface area (Å²) in [6.07, 6.45) is 10.9. The molecular formula is C18H17N3O. The molecule has 0 saturated carbocycles. The van der Waals surface area contributed by atoms with Crippen molar-refractivity contribution in [3.05, 3.63) is 65.3 Å². The largest absolute Gasteiger partial charge is 0.346 e. The summed E-state index contributed by atoms with van der Waals surface area (Å²) in [6.45, 7) is 4.14. The van der Waals surface area contributed by atoms with E-state index < -0.39 is 0 Å². The maximum atomic E-state index is 10.9. The molecule has 110 valence electrons. The monoisotopic (exact) mass is 291 g/mol. The van der Waals surface area contributed by atoms with E-state index in [4.69, 9.17) is 0 Å². The molecule has 0 bridgehead atoms. The Hall–Kier alpha value is -2.75. The molecule has 1 aliphatic rings. The molecule has 0 spiro atoms. The van der Waals surface area contributed by atoms with Crippen LogP contribution in [0.5, 0.6) is 0 Å². The number of carbonyl (C=O) groups excluding carboxylic acids is 1. The van der Waals surface area contributed by atoms with E-state index >= 15 is 0 Å². The second-order valence-electron chi connectivity index (χ2n) is 5.32. The number of anilines is 1. The Morgan fingerprint density at radius 3 is 2.82 bits per heavy atom. The van der Waals surface area contributed by atoms with Gasteiger partial charge in [0.2, 0.25) is 0 Å². The summed E-state index contributed by atoms with van der Waals surface area (Å²) < 4.78 is 0. The zero-order valence-corrected chi connectivity index (χ0v) is 12.6. The molecule has 0 radical (unpaired) electrons. The molecule has 22 heavy (non-hydrogen) atoms. The molecular weight excluding hydrogens is 274 g/mol. The molecule has 0 aliphatic carbocycles. The van der Waals surface area contributed by atoms with Gasteiger partial charge in [-0.1, -0.05) is 11.6 Å². The van der Waals surface area contributed by atoms with Crippen molar-refractivity contribution < 1.29 is 4.79 Å². The summed E-state index contributed by atoms with van der Waals surface area (Å²) in [5.41, 5.74) is 6.10. The summed E-state index contributed by atoms with van der Waals surface area (Å²) in [7, 11) is 0. The lowest BCUT2D eigenvalue weighted by Gasteiger charge is -2.19. The third-order valence-corrected chi connectivity index (χ3v) is 3.90. The molecule has 0 saturated heterocycles. The highest BCUT2D eigenvalue weighted by Gasteiger charge is 2.14. The van der Waals surface area contributed by atoms with Crippen LogP contribution in [0.15, 0.2) is 54.1 Å². The molecule has 3 heterocycles. The molecule has 4 heteroatoms. The lowest BCUT2D eigenvalue weighted by Crippen LogP contribution is -2.08. The minimum atomic E-state index is 0.568. The normalized spacial score (nSPS) is 13.9. The number of aromatic nitrogens is 2. The molecule has 4 nitrogen and oxygen atoms in total.